The van der Waals surface area contributed by atoms with Crippen LogP contribution in [0.2, 0.25) is 0 Å². The number of carbonyl (C=O) groups excluding carboxylic acids is 1. The van der Waals surface area contributed by atoms with Gasteiger partial charge in [0, 0.05) is 18.7 Å². The molecule has 0 aromatic carbocycles. The van der Waals surface area contributed by atoms with Crippen molar-refractivity contribution in [2.45, 2.75) is 13.3 Å². The first kappa shape index (κ1) is 8.78. The van der Waals surface area contributed by atoms with Gasteiger partial charge < -0.3 is 5.32 Å². The van der Waals surface area contributed by atoms with Crippen molar-refractivity contribution >= 4 is 5.78 Å². The molecule has 1 aliphatic rings. The minimum absolute atomic E-state index is 0.168. The average Bonchev–Trinajstić information content (AvgIpc) is 2.04. The summed E-state index contributed by atoms with van der Waals surface area (Å²) in [6.45, 7) is 2.71. The van der Waals surface area contributed by atoms with Crippen molar-refractivity contribution in [3.05, 3.63) is 36.1 Å². The highest BCUT2D eigenvalue weighted by Gasteiger charge is 1.95. The number of carbonyl (C=O) groups is 1. The molecule has 0 atom stereocenters. The number of ketones is 1. The summed E-state index contributed by atoms with van der Waals surface area (Å²) in [5, 5.41) is 3.14. The predicted octanol–water partition coefficient (Wildman–Crippen LogP) is 1.56. The maximum absolute atomic E-state index is 11.0. The molecule has 1 aliphatic heterocycles. The fourth-order valence-electron chi connectivity index (χ4n) is 0.952. The molecule has 2 heteroatoms. The first-order valence-electron chi connectivity index (χ1n) is 4.07. The minimum Gasteiger partial charge on any atom is -0.388 e. The zero-order valence-electron chi connectivity index (χ0n) is 7.21. The van der Waals surface area contributed by atoms with Gasteiger partial charge in [-0.2, -0.15) is 0 Å². The Morgan fingerprint density at radius 1 is 1.33 bits per heavy atom. The Balaban J connectivity index is 2.65. The molecule has 0 bridgehead atoms. The summed E-state index contributed by atoms with van der Waals surface area (Å²) in [6.07, 6.45) is 9.70. The average molecular weight is 163 g/mol. The zero-order valence-corrected chi connectivity index (χ0v) is 7.21. The van der Waals surface area contributed by atoms with Gasteiger partial charge in [-0.1, -0.05) is 18.2 Å². The van der Waals surface area contributed by atoms with Crippen molar-refractivity contribution < 1.29 is 4.79 Å². The molecule has 1 rings (SSSR count). The third-order valence-corrected chi connectivity index (χ3v) is 1.63. The molecule has 0 fully saturated rings. The lowest BCUT2D eigenvalue weighted by molar-refractivity contribution is -0.114. The summed E-state index contributed by atoms with van der Waals surface area (Å²) in [6, 6.07) is 0. The van der Waals surface area contributed by atoms with E-state index in [0.29, 0.717) is 6.42 Å². The summed E-state index contributed by atoms with van der Waals surface area (Å²) < 4.78 is 0. The first-order chi connectivity index (χ1) is 5.79. The van der Waals surface area contributed by atoms with E-state index in [1.54, 1.807) is 12.2 Å². The monoisotopic (exact) mass is 163 g/mol. The van der Waals surface area contributed by atoms with E-state index in [4.69, 9.17) is 0 Å². The quantitative estimate of drug-likeness (QED) is 0.587. The lowest BCUT2D eigenvalue weighted by Gasteiger charge is -2.04. The van der Waals surface area contributed by atoms with Gasteiger partial charge in [0.15, 0.2) is 5.78 Å². The van der Waals surface area contributed by atoms with Crippen LogP contribution in [0.3, 0.4) is 0 Å². The third kappa shape index (κ3) is 3.19. The maximum Gasteiger partial charge on any atom is 0.157 e. The van der Waals surface area contributed by atoms with Crippen molar-refractivity contribution in [2.75, 3.05) is 6.54 Å². The van der Waals surface area contributed by atoms with Crippen LogP contribution in [0, 0.1) is 0 Å². The van der Waals surface area contributed by atoms with Crippen molar-refractivity contribution in [1.29, 1.82) is 0 Å². The second-order valence-corrected chi connectivity index (χ2v) is 2.74. The highest BCUT2D eigenvalue weighted by Crippen LogP contribution is 1.93. The summed E-state index contributed by atoms with van der Waals surface area (Å²) in [7, 11) is 0. The number of hydrogen-bond acceptors (Lipinski definition) is 2. The van der Waals surface area contributed by atoms with Crippen LogP contribution in [0.5, 0.6) is 0 Å². The van der Waals surface area contributed by atoms with E-state index < -0.39 is 0 Å². The SMILES string of the molecule is C\C1=C/C=C\C=C\C(=O)CCN1. The van der Waals surface area contributed by atoms with Crippen molar-refractivity contribution in [1.82, 2.24) is 5.32 Å². The van der Waals surface area contributed by atoms with Gasteiger partial charge in [-0.3, -0.25) is 4.79 Å². The van der Waals surface area contributed by atoms with Crippen LogP contribution in [-0.4, -0.2) is 12.3 Å². The van der Waals surface area contributed by atoms with Crippen molar-refractivity contribution in [2.24, 2.45) is 0 Å². The standard InChI is InChI=1S/C10H13NO/c1-9-5-3-2-4-6-10(12)7-8-11-9/h2-6,11H,7-8H2,1H3/b3-2-,6-4+,9-5+. The highest BCUT2D eigenvalue weighted by atomic mass is 16.1. The van der Waals surface area contributed by atoms with Gasteiger partial charge >= 0.3 is 0 Å². The van der Waals surface area contributed by atoms with Crippen LogP contribution >= 0.6 is 0 Å². The lowest BCUT2D eigenvalue weighted by Crippen LogP contribution is -2.15. The van der Waals surface area contributed by atoms with Crippen LogP contribution in [0.4, 0.5) is 0 Å². The molecule has 1 heterocycles. The molecule has 0 saturated heterocycles. The zero-order chi connectivity index (χ0) is 8.81. The second-order valence-electron chi connectivity index (χ2n) is 2.74. The van der Waals surface area contributed by atoms with E-state index in [1.165, 1.54) is 0 Å². The van der Waals surface area contributed by atoms with Gasteiger partial charge in [0.25, 0.3) is 0 Å². The fourth-order valence-corrected chi connectivity index (χ4v) is 0.952. The molecule has 0 unspecified atom stereocenters. The predicted molar refractivity (Wildman–Crippen MR) is 49.7 cm³/mol. The number of allylic oxidation sites excluding steroid dienone is 6. The molecular weight excluding hydrogens is 150 g/mol. The van der Waals surface area contributed by atoms with Crippen LogP contribution in [-0.2, 0) is 4.79 Å². The second kappa shape index (κ2) is 4.54. The van der Waals surface area contributed by atoms with Gasteiger partial charge in [-0.15, -0.1) is 0 Å². The van der Waals surface area contributed by atoms with Crippen LogP contribution in [0.1, 0.15) is 13.3 Å². The topological polar surface area (TPSA) is 29.1 Å². The number of nitrogens with one attached hydrogen (secondary N) is 1. The Morgan fingerprint density at radius 3 is 3.00 bits per heavy atom. The molecule has 0 aliphatic carbocycles. The van der Waals surface area contributed by atoms with Crippen molar-refractivity contribution in [3.63, 3.8) is 0 Å². The molecule has 0 spiro atoms. The van der Waals surface area contributed by atoms with E-state index in [1.807, 2.05) is 25.2 Å². The highest BCUT2D eigenvalue weighted by molar-refractivity contribution is 5.90. The number of rotatable bonds is 0. The Labute approximate surface area is 72.7 Å². The molecule has 0 saturated carbocycles. The molecule has 0 aromatic heterocycles. The molecule has 64 valence electrons. The first-order valence-corrected chi connectivity index (χ1v) is 4.07. The van der Waals surface area contributed by atoms with E-state index in [-0.39, 0.29) is 5.78 Å². The van der Waals surface area contributed by atoms with Crippen LogP contribution < -0.4 is 5.32 Å². The van der Waals surface area contributed by atoms with Crippen molar-refractivity contribution in [3.8, 4) is 0 Å². The Hall–Kier alpha value is -1.31. The van der Waals surface area contributed by atoms with Gasteiger partial charge in [-0.25, -0.2) is 0 Å². The molecular formula is C10H13NO. The van der Waals surface area contributed by atoms with Gasteiger partial charge in [0.05, 0.1) is 0 Å². The summed E-state index contributed by atoms with van der Waals surface area (Å²) in [4.78, 5) is 11.0. The smallest absolute Gasteiger partial charge is 0.157 e. The van der Waals surface area contributed by atoms with E-state index in [0.717, 1.165) is 12.2 Å². The number of hydrogen-bond donors (Lipinski definition) is 1. The Morgan fingerprint density at radius 2 is 2.17 bits per heavy atom. The van der Waals surface area contributed by atoms with E-state index in [2.05, 4.69) is 5.32 Å². The van der Waals surface area contributed by atoms with E-state index >= 15 is 0 Å². The molecule has 2 nitrogen and oxygen atoms in total. The molecule has 1 N–H and O–H groups in total. The summed E-state index contributed by atoms with van der Waals surface area (Å²) in [5.74, 6) is 0.168. The fraction of sp³-hybridized carbons (Fsp3) is 0.300. The van der Waals surface area contributed by atoms with Gasteiger partial charge in [0.1, 0.15) is 0 Å². The largest absolute Gasteiger partial charge is 0.388 e. The van der Waals surface area contributed by atoms with E-state index in [9.17, 15) is 4.79 Å². The Kier molecular flexibility index (Phi) is 3.33. The lowest BCUT2D eigenvalue weighted by atomic mass is 10.2. The summed E-state index contributed by atoms with van der Waals surface area (Å²) >= 11 is 0. The summed E-state index contributed by atoms with van der Waals surface area (Å²) in [5.41, 5.74) is 1.09. The maximum atomic E-state index is 11.0. The molecule has 0 radical (unpaired) electrons. The van der Waals surface area contributed by atoms with Crippen LogP contribution in [0.25, 0.3) is 0 Å². The van der Waals surface area contributed by atoms with Crippen LogP contribution in [0.15, 0.2) is 36.1 Å². The normalized spacial score (nSPS) is 28.1. The van der Waals surface area contributed by atoms with Gasteiger partial charge in [0.2, 0.25) is 0 Å². The Bertz CT molecular complexity index is 249. The third-order valence-electron chi connectivity index (χ3n) is 1.63. The minimum atomic E-state index is 0.168. The molecule has 0 amide bonds. The molecule has 0 aromatic rings. The molecule has 12 heavy (non-hydrogen) atoms. The van der Waals surface area contributed by atoms with Gasteiger partial charge in [-0.05, 0) is 19.1 Å².